The zero-order valence-electron chi connectivity index (χ0n) is 15.2. The standard InChI is InChI=1S/C19H20Cl2N2O3S2/c1-27-17-2-4-18(5-3-17)28(25,26)23-8-6-13(7-9-23)19(24)22-16-11-14(20)10-15(21)12-16/h2-5,10-13H,6-9H2,1H3,(H,22,24). The SMILES string of the molecule is CSc1ccc(S(=O)(=O)N2CCC(C(=O)Nc3cc(Cl)cc(Cl)c3)CC2)cc1. The van der Waals surface area contributed by atoms with Gasteiger partial charge < -0.3 is 5.32 Å². The highest BCUT2D eigenvalue weighted by Gasteiger charge is 2.32. The fourth-order valence-corrected chi connectivity index (χ4v) is 5.53. The van der Waals surface area contributed by atoms with Gasteiger partial charge >= 0.3 is 0 Å². The van der Waals surface area contributed by atoms with E-state index in [9.17, 15) is 13.2 Å². The Morgan fingerprint density at radius 3 is 2.18 bits per heavy atom. The number of carbonyl (C=O) groups is 1. The summed E-state index contributed by atoms with van der Waals surface area (Å²) in [4.78, 5) is 13.8. The average Bonchev–Trinajstić information content (AvgIpc) is 2.67. The molecular weight excluding hydrogens is 439 g/mol. The first-order valence-corrected chi connectivity index (χ1v) is 12.1. The van der Waals surface area contributed by atoms with Crippen LogP contribution in [0.2, 0.25) is 10.0 Å². The maximum atomic E-state index is 12.8. The van der Waals surface area contributed by atoms with Gasteiger partial charge in [-0.1, -0.05) is 23.2 Å². The van der Waals surface area contributed by atoms with Crippen LogP contribution in [0.4, 0.5) is 5.69 Å². The molecule has 5 nitrogen and oxygen atoms in total. The largest absolute Gasteiger partial charge is 0.326 e. The van der Waals surface area contributed by atoms with Gasteiger partial charge in [0.25, 0.3) is 0 Å². The fourth-order valence-electron chi connectivity index (χ4n) is 3.13. The lowest BCUT2D eigenvalue weighted by Crippen LogP contribution is -2.41. The monoisotopic (exact) mass is 458 g/mol. The van der Waals surface area contributed by atoms with Crippen LogP contribution in [-0.4, -0.2) is 38.0 Å². The van der Waals surface area contributed by atoms with E-state index in [2.05, 4.69) is 5.32 Å². The first kappa shape index (κ1) is 21.5. The number of thioether (sulfide) groups is 1. The quantitative estimate of drug-likeness (QED) is 0.656. The number of amides is 1. The molecule has 1 aliphatic heterocycles. The van der Waals surface area contributed by atoms with E-state index in [4.69, 9.17) is 23.2 Å². The van der Waals surface area contributed by atoms with Gasteiger partial charge in [0.15, 0.2) is 0 Å². The molecule has 0 radical (unpaired) electrons. The highest BCUT2D eigenvalue weighted by molar-refractivity contribution is 7.98. The molecule has 0 saturated carbocycles. The van der Waals surface area contributed by atoms with Crippen LogP contribution in [0, 0.1) is 5.92 Å². The molecule has 1 fully saturated rings. The molecule has 0 unspecified atom stereocenters. The Hall–Kier alpha value is -1.25. The number of nitrogens with zero attached hydrogens (tertiary/aromatic N) is 1. The van der Waals surface area contributed by atoms with Crippen LogP contribution < -0.4 is 5.32 Å². The van der Waals surface area contributed by atoms with E-state index in [1.165, 1.54) is 4.31 Å². The third-order valence-electron chi connectivity index (χ3n) is 4.65. The number of rotatable bonds is 5. The van der Waals surface area contributed by atoms with Crippen molar-refractivity contribution in [2.75, 3.05) is 24.7 Å². The summed E-state index contributed by atoms with van der Waals surface area (Å²) in [5.74, 6) is -0.414. The first-order chi connectivity index (χ1) is 13.3. The van der Waals surface area contributed by atoms with Crippen molar-refractivity contribution >= 4 is 56.6 Å². The van der Waals surface area contributed by atoms with E-state index in [1.54, 1.807) is 54.2 Å². The summed E-state index contributed by atoms with van der Waals surface area (Å²) in [5, 5.41) is 3.69. The van der Waals surface area contributed by atoms with Gasteiger partial charge in [-0.25, -0.2) is 8.42 Å². The smallest absolute Gasteiger partial charge is 0.243 e. The second-order valence-corrected chi connectivity index (χ2v) is 10.2. The number of benzene rings is 2. The topological polar surface area (TPSA) is 66.5 Å². The number of hydrogen-bond donors (Lipinski definition) is 1. The Bertz CT molecular complexity index is 937. The van der Waals surface area contributed by atoms with Gasteiger partial charge in [0.2, 0.25) is 15.9 Å². The maximum absolute atomic E-state index is 12.8. The van der Waals surface area contributed by atoms with Crippen LogP contribution in [0.1, 0.15) is 12.8 Å². The molecule has 1 amide bonds. The van der Waals surface area contributed by atoms with E-state index in [0.717, 1.165) is 4.90 Å². The molecule has 0 aromatic heterocycles. The number of nitrogens with one attached hydrogen (secondary N) is 1. The molecule has 1 aliphatic rings. The van der Waals surface area contributed by atoms with Gasteiger partial charge in [0, 0.05) is 39.6 Å². The molecule has 1 N–H and O–H groups in total. The van der Waals surface area contributed by atoms with Crippen LogP contribution in [0.15, 0.2) is 52.3 Å². The van der Waals surface area contributed by atoms with Gasteiger partial charge in [-0.15, -0.1) is 11.8 Å². The van der Waals surface area contributed by atoms with Crippen molar-refractivity contribution in [3.63, 3.8) is 0 Å². The average molecular weight is 459 g/mol. The molecule has 0 atom stereocenters. The minimum Gasteiger partial charge on any atom is -0.326 e. The van der Waals surface area contributed by atoms with Gasteiger partial charge in [0.05, 0.1) is 4.90 Å². The predicted molar refractivity (Wildman–Crippen MR) is 115 cm³/mol. The molecule has 1 heterocycles. The summed E-state index contributed by atoms with van der Waals surface area (Å²) in [6.45, 7) is 0.613. The molecule has 9 heteroatoms. The second-order valence-electron chi connectivity index (χ2n) is 6.50. The summed E-state index contributed by atoms with van der Waals surface area (Å²) in [5.41, 5.74) is 0.534. The van der Waals surface area contributed by atoms with Crippen LogP contribution in [0.25, 0.3) is 0 Å². The lowest BCUT2D eigenvalue weighted by molar-refractivity contribution is -0.120. The molecule has 150 valence electrons. The summed E-state index contributed by atoms with van der Waals surface area (Å²) in [6, 6.07) is 11.7. The molecule has 3 rings (SSSR count). The van der Waals surface area contributed by atoms with Crippen molar-refractivity contribution in [1.82, 2.24) is 4.31 Å². The van der Waals surface area contributed by atoms with Crippen LogP contribution in [-0.2, 0) is 14.8 Å². The molecule has 2 aromatic rings. The number of sulfonamides is 1. The molecular formula is C19H20Cl2N2O3S2. The van der Waals surface area contributed by atoms with E-state index in [1.807, 2.05) is 6.26 Å². The molecule has 28 heavy (non-hydrogen) atoms. The minimum absolute atomic E-state index is 0.153. The molecule has 0 bridgehead atoms. The summed E-state index contributed by atoms with van der Waals surface area (Å²) < 4.78 is 27.1. The zero-order valence-corrected chi connectivity index (χ0v) is 18.3. The van der Waals surface area contributed by atoms with E-state index < -0.39 is 10.0 Å². The van der Waals surface area contributed by atoms with Crippen molar-refractivity contribution in [3.05, 3.63) is 52.5 Å². The van der Waals surface area contributed by atoms with Crippen LogP contribution >= 0.6 is 35.0 Å². The fraction of sp³-hybridized carbons (Fsp3) is 0.316. The highest BCUT2D eigenvalue weighted by atomic mass is 35.5. The van der Waals surface area contributed by atoms with Crippen LogP contribution in [0.5, 0.6) is 0 Å². The van der Waals surface area contributed by atoms with Gasteiger partial charge in [0.1, 0.15) is 0 Å². The molecule has 1 saturated heterocycles. The number of anilines is 1. The molecule has 0 spiro atoms. The first-order valence-electron chi connectivity index (χ1n) is 8.71. The normalized spacial score (nSPS) is 16.1. The summed E-state index contributed by atoms with van der Waals surface area (Å²) in [6.07, 6.45) is 2.86. The van der Waals surface area contributed by atoms with Crippen molar-refractivity contribution in [3.8, 4) is 0 Å². The Labute approximate surface area is 179 Å². The lowest BCUT2D eigenvalue weighted by atomic mass is 9.97. The Morgan fingerprint density at radius 1 is 1.07 bits per heavy atom. The van der Waals surface area contributed by atoms with E-state index in [-0.39, 0.29) is 16.7 Å². The highest BCUT2D eigenvalue weighted by Crippen LogP contribution is 2.27. The summed E-state index contributed by atoms with van der Waals surface area (Å²) >= 11 is 13.5. The third-order valence-corrected chi connectivity index (χ3v) is 7.74. The van der Waals surface area contributed by atoms with Gasteiger partial charge in [-0.2, -0.15) is 4.31 Å². The maximum Gasteiger partial charge on any atom is 0.243 e. The zero-order chi connectivity index (χ0) is 20.3. The lowest BCUT2D eigenvalue weighted by Gasteiger charge is -2.30. The van der Waals surface area contributed by atoms with E-state index in [0.29, 0.717) is 41.7 Å². The molecule has 0 aliphatic carbocycles. The number of hydrogen-bond acceptors (Lipinski definition) is 4. The predicted octanol–water partition coefficient (Wildman–Crippen LogP) is 4.75. The molecule has 2 aromatic carbocycles. The number of halogens is 2. The Kier molecular flexibility index (Phi) is 6.94. The van der Waals surface area contributed by atoms with Crippen molar-refractivity contribution in [2.45, 2.75) is 22.6 Å². The minimum atomic E-state index is -3.55. The second kappa shape index (κ2) is 9.05. The van der Waals surface area contributed by atoms with Gasteiger partial charge in [-0.3, -0.25) is 4.79 Å². The number of piperidine rings is 1. The van der Waals surface area contributed by atoms with E-state index >= 15 is 0 Å². The Balaban J connectivity index is 1.62. The third kappa shape index (κ3) is 5.02. The Morgan fingerprint density at radius 2 is 1.64 bits per heavy atom. The van der Waals surface area contributed by atoms with Crippen molar-refractivity contribution in [2.24, 2.45) is 5.92 Å². The summed E-state index contributed by atoms with van der Waals surface area (Å²) in [7, 11) is -3.55. The van der Waals surface area contributed by atoms with Gasteiger partial charge in [-0.05, 0) is 61.6 Å². The van der Waals surface area contributed by atoms with Crippen molar-refractivity contribution in [1.29, 1.82) is 0 Å². The van der Waals surface area contributed by atoms with Crippen LogP contribution in [0.3, 0.4) is 0 Å². The number of carbonyl (C=O) groups excluding carboxylic acids is 1. The van der Waals surface area contributed by atoms with Crippen molar-refractivity contribution < 1.29 is 13.2 Å².